The van der Waals surface area contributed by atoms with Gasteiger partial charge in [-0.05, 0) is 20.3 Å². The predicted octanol–water partition coefficient (Wildman–Crippen LogP) is -0.102. The van der Waals surface area contributed by atoms with Gasteiger partial charge in [-0.25, -0.2) is 0 Å². The van der Waals surface area contributed by atoms with Gasteiger partial charge in [0.1, 0.15) is 6.04 Å². The first-order valence-corrected chi connectivity index (χ1v) is 5.35. The standard InChI is InChI=1S/C10H20N2O3/c1-7-5-12(6-8(2)15-7)4-3-9(11)10(13)14/h7-9H,3-6,11H2,1-2H3,(H,13,14). The van der Waals surface area contributed by atoms with Crippen molar-refractivity contribution in [3.8, 4) is 0 Å². The summed E-state index contributed by atoms with van der Waals surface area (Å²) >= 11 is 0. The Morgan fingerprint density at radius 1 is 1.53 bits per heavy atom. The van der Waals surface area contributed by atoms with Gasteiger partial charge in [0.05, 0.1) is 12.2 Å². The zero-order chi connectivity index (χ0) is 11.4. The van der Waals surface area contributed by atoms with Gasteiger partial charge >= 0.3 is 5.97 Å². The Kier molecular flexibility index (Phi) is 4.50. The molecule has 3 N–H and O–H groups in total. The summed E-state index contributed by atoms with van der Waals surface area (Å²) in [6, 6.07) is -0.751. The minimum Gasteiger partial charge on any atom is -0.480 e. The molecule has 15 heavy (non-hydrogen) atoms. The third-order valence-corrected chi connectivity index (χ3v) is 2.57. The monoisotopic (exact) mass is 216 g/mol. The molecule has 88 valence electrons. The second-order valence-electron chi connectivity index (χ2n) is 4.25. The Morgan fingerprint density at radius 3 is 2.53 bits per heavy atom. The molecule has 0 aliphatic carbocycles. The van der Waals surface area contributed by atoms with Crippen molar-refractivity contribution in [2.45, 2.75) is 38.5 Å². The summed E-state index contributed by atoms with van der Waals surface area (Å²) in [7, 11) is 0. The fourth-order valence-electron chi connectivity index (χ4n) is 1.91. The van der Waals surface area contributed by atoms with E-state index in [4.69, 9.17) is 15.6 Å². The molecule has 0 radical (unpaired) electrons. The highest BCUT2D eigenvalue weighted by Crippen LogP contribution is 2.10. The minimum absolute atomic E-state index is 0.217. The number of nitrogens with zero attached hydrogens (tertiary/aromatic N) is 1. The lowest BCUT2D eigenvalue weighted by Crippen LogP contribution is -2.47. The van der Waals surface area contributed by atoms with Crippen LogP contribution in [0.4, 0.5) is 0 Å². The van der Waals surface area contributed by atoms with Crippen LogP contribution in [0.5, 0.6) is 0 Å². The second-order valence-corrected chi connectivity index (χ2v) is 4.25. The normalized spacial score (nSPS) is 30.1. The SMILES string of the molecule is CC1CN(CCC(N)C(=O)O)CC(C)O1. The van der Waals surface area contributed by atoms with Crippen LogP contribution in [0.25, 0.3) is 0 Å². The highest BCUT2D eigenvalue weighted by Gasteiger charge is 2.23. The zero-order valence-electron chi connectivity index (χ0n) is 9.35. The molecule has 1 heterocycles. The van der Waals surface area contributed by atoms with Crippen molar-refractivity contribution >= 4 is 5.97 Å². The van der Waals surface area contributed by atoms with Crippen LogP contribution in [-0.2, 0) is 9.53 Å². The van der Waals surface area contributed by atoms with Crippen LogP contribution in [0, 0.1) is 0 Å². The maximum absolute atomic E-state index is 10.5. The van der Waals surface area contributed by atoms with Gasteiger partial charge in [0, 0.05) is 19.6 Å². The number of carboxylic acids is 1. The van der Waals surface area contributed by atoms with E-state index in [1.165, 1.54) is 0 Å². The van der Waals surface area contributed by atoms with E-state index in [1.54, 1.807) is 0 Å². The maximum atomic E-state index is 10.5. The third-order valence-electron chi connectivity index (χ3n) is 2.57. The van der Waals surface area contributed by atoms with E-state index < -0.39 is 12.0 Å². The van der Waals surface area contributed by atoms with Crippen molar-refractivity contribution in [1.29, 1.82) is 0 Å². The smallest absolute Gasteiger partial charge is 0.320 e. The van der Waals surface area contributed by atoms with E-state index >= 15 is 0 Å². The predicted molar refractivity (Wildman–Crippen MR) is 56.7 cm³/mol. The average Bonchev–Trinajstić information content (AvgIpc) is 2.12. The maximum Gasteiger partial charge on any atom is 0.320 e. The Hall–Kier alpha value is -0.650. The van der Waals surface area contributed by atoms with Crippen molar-refractivity contribution in [2.24, 2.45) is 5.73 Å². The minimum atomic E-state index is -0.927. The first-order chi connectivity index (χ1) is 6.99. The summed E-state index contributed by atoms with van der Waals surface area (Å²) < 4.78 is 5.58. The molecular weight excluding hydrogens is 196 g/mol. The van der Waals surface area contributed by atoms with Crippen LogP contribution in [0.3, 0.4) is 0 Å². The molecule has 0 spiro atoms. The van der Waals surface area contributed by atoms with Crippen molar-refractivity contribution in [3.63, 3.8) is 0 Å². The van der Waals surface area contributed by atoms with Crippen LogP contribution < -0.4 is 5.73 Å². The number of nitrogens with two attached hydrogens (primary N) is 1. The topological polar surface area (TPSA) is 75.8 Å². The molecule has 1 fully saturated rings. The average molecular weight is 216 g/mol. The van der Waals surface area contributed by atoms with E-state index in [0.29, 0.717) is 6.42 Å². The van der Waals surface area contributed by atoms with Crippen molar-refractivity contribution in [2.75, 3.05) is 19.6 Å². The first-order valence-electron chi connectivity index (χ1n) is 5.35. The lowest BCUT2D eigenvalue weighted by molar-refractivity contribution is -0.138. The Morgan fingerprint density at radius 2 is 2.07 bits per heavy atom. The number of aliphatic carboxylic acids is 1. The molecule has 0 aromatic heterocycles. The molecule has 0 amide bonds. The number of hydrogen-bond acceptors (Lipinski definition) is 4. The van der Waals surface area contributed by atoms with Gasteiger partial charge in [-0.1, -0.05) is 0 Å². The van der Waals surface area contributed by atoms with Crippen molar-refractivity contribution in [1.82, 2.24) is 4.90 Å². The number of morpholine rings is 1. The number of carbonyl (C=O) groups is 1. The van der Waals surface area contributed by atoms with Gasteiger partial charge in [0.15, 0.2) is 0 Å². The van der Waals surface area contributed by atoms with Crippen LogP contribution in [0.1, 0.15) is 20.3 Å². The molecule has 5 nitrogen and oxygen atoms in total. The van der Waals surface area contributed by atoms with E-state index in [0.717, 1.165) is 19.6 Å². The van der Waals surface area contributed by atoms with Crippen LogP contribution >= 0.6 is 0 Å². The quantitative estimate of drug-likeness (QED) is 0.686. The van der Waals surface area contributed by atoms with E-state index in [9.17, 15) is 4.79 Å². The van der Waals surface area contributed by atoms with Gasteiger partial charge in [-0.2, -0.15) is 0 Å². The third kappa shape index (κ3) is 4.15. The Balaban J connectivity index is 2.29. The Bertz CT molecular complexity index is 213. The fourth-order valence-corrected chi connectivity index (χ4v) is 1.91. The van der Waals surface area contributed by atoms with E-state index in [1.807, 2.05) is 13.8 Å². The number of rotatable bonds is 4. The molecule has 1 saturated heterocycles. The lowest BCUT2D eigenvalue weighted by atomic mass is 10.2. The molecule has 1 aliphatic heterocycles. The highest BCUT2D eigenvalue weighted by atomic mass is 16.5. The van der Waals surface area contributed by atoms with Crippen molar-refractivity contribution in [3.05, 3.63) is 0 Å². The summed E-state index contributed by atoms with van der Waals surface area (Å²) in [6.07, 6.45) is 0.930. The number of ether oxygens (including phenoxy) is 1. The largest absolute Gasteiger partial charge is 0.480 e. The summed E-state index contributed by atoms with van der Waals surface area (Å²) in [5.74, 6) is -0.927. The molecule has 1 aliphatic rings. The molecule has 5 heteroatoms. The molecule has 0 bridgehead atoms. The fraction of sp³-hybridized carbons (Fsp3) is 0.900. The van der Waals surface area contributed by atoms with Gasteiger partial charge in [0.2, 0.25) is 0 Å². The van der Waals surface area contributed by atoms with Crippen LogP contribution in [-0.4, -0.2) is 53.9 Å². The Labute approximate surface area is 90.2 Å². The molecule has 0 aromatic carbocycles. The zero-order valence-corrected chi connectivity index (χ0v) is 9.35. The molecule has 3 unspecified atom stereocenters. The number of carboxylic acid groups (broad SMARTS) is 1. The van der Waals surface area contributed by atoms with E-state index in [2.05, 4.69) is 4.90 Å². The van der Waals surface area contributed by atoms with Gasteiger partial charge in [-0.15, -0.1) is 0 Å². The lowest BCUT2D eigenvalue weighted by Gasteiger charge is -2.35. The highest BCUT2D eigenvalue weighted by molar-refractivity contribution is 5.72. The van der Waals surface area contributed by atoms with E-state index in [-0.39, 0.29) is 12.2 Å². The molecular formula is C10H20N2O3. The van der Waals surface area contributed by atoms with Gasteiger partial charge in [-0.3, -0.25) is 9.69 Å². The van der Waals surface area contributed by atoms with Crippen LogP contribution in [0.2, 0.25) is 0 Å². The molecule has 3 atom stereocenters. The molecule has 0 aromatic rings. The second kappa shape index (κ2) is 5.44. The van der Waals surface area contributed by atoms with Crippen molar-refractivity contribution < 1.29 is 14.6 Å². The first kappa shape index (κ1) is 12.4. The summed E-state index contributed by atoms with van der Waals surface area (Å²) in [6.45, 7) is 6.50. The molecule has 1 rings (SSSR count). The summed E-state index contributed by atoms with van der Waals surface area (Å²) in [5.41, 5.74) is 5.45. The van der Waals surface area contributed by atoms with Crippen LogP contribution in [0.15, 0.2) is 0 Å². The van der Waals surface area contributed by atoms with Gasteiger partial charge < -0.3 is 15.6 Å². The molecule has 0 saturated carbocycles. The summed E-state index contributed by atoms with van der Waals surface area (Å²) in [4.78, 5) is 12.7. The van der Waals surface area contributed by atoms with Gasteiger partial charge in [0.25, 0.3) is 0 Å². The number of hydrogen-bond donors (Lipinski definition) is 2. The summed E-state index contributed by atoms with van der Waals surface area (Å²) in [5, 5.41) is 8.65.